The van der Waals surface area contributed by atoms with Crippen LogP contribution in [0, 0.1) is 0 Å². The SMILES string of the molecule is CC(CNc1nn(C)c(=O)n(C)c1=O)N1CCCC1. The van der Waals surface area contributed by atoms with Crippen molar-refractivity contribution in [2.75, 3.05) is 25.0 Å². The lowest BCUT2D eigenvalue weighted by atomic mass is 10.3. The van der Waals surface area contributed by atoms with Gasteiger partial charge in [0.05, 0.1) is 0 Å². The summed E-state index contributed by atoms with van der Waals surface area (Å²) >= 11 is 0. The first kappa shape index (κ1) is 13.8. The van der Waals surface area contributed by atoms with E-state index in [-0.39, 0.29) is 11.4 Å². The van der Waals surface area contributed by atoms with Gasteiger partial charge in [-0.05, 0) is 32.9 Å². The van der Waals surface area contributed by atoms with Crippen molar-refractivity contribution >= 4 is 5.82 Å². The minimum atomic E-state index is -0.414. The molecule has 7 heteroatoms. The molecule has 1 atom stereocenters. The van der Waals surface area contributed by atoms with Crippen LogP contribution in [0.5, 0.6) is 0 Å². The van der Waals surface area contributed by atoms with E-state index in [9.17, 15) is 9.59 Å². The fourth-order valence-corrected chi connectivity index (χ4v) is 2.37. The third kappa shape index (κ3) is 2.86. The van der Waals surface area contributed by atoms with Crippen molar-refractivity contribution in [3.05, 3.63) is 20.8 Å². The average molecular weight is 267 g/mol. The second-order valence-corrected chi connectivity index (χ2v) is 5.09. The first-order valence-corrected chi connectivity index (χ1v) is 6.63. The lowest BCUT2D eigenvalue weighted by Gasteiger charge is -2.23. The van der Waals surface area contributed by atoms with Crippen LogP contribution in [0.1, 0.15) is 19.8 Å². The molecule has 2 rings (SSSR count). The van der Waals surface area contributed by atoms with Gasteiger partial charge in [0.1, 0.15) is 0 Å². The number of hydrogen-bond donors (Lipinski definition) is 1. The van der Waals surface area contributed by atoms with Crippen LogP contribution in [0.25, 0.3) is 0 Å². The normalized spacial score (nSPS) is 17.6. The lowest BCUT2D eigenvalue weighted by Crippen LogP contribution is -2.42. The molecule has 1 aromatic heterocycles. The van der Waals surface area contributed by atoms with Crippen molar-refractivity contribution in [1.29, 1.82) is 0 Å². The number of hydrogen-bond acceptors (Lipinski definition) is 5. The van der Waals surface area contributed by atoms with E-state index < -0.39 is 5.69 Å². The topological polar surface area (TPSA) is 72.2 Å². The van der Waals surface area contributed by atoms with Crippen LogP contribution in [0.3, 0.4) is 0 Å². The Labute approximate surface area is 111 Å². The van der Waals surface area contributed by atoms with Crippen molar-refractivity contribution in [1.82, 2.24) is 19.2 Å². The fourth-order valence-electron chi connectivity index (χ4n) is 2.37. The monoisotopic (exact) mass is 267 g/mol. The van der Waals surface area contributed by atoms with Gasteiger partial charge in [0, 0.05) is 26.7 Å². The molecule has 1 aliphatic heterocycles. The summed E-state index contributed by atoms with van der Waals surface area (Å²) in [6.07, 6.45) is 2.48. The van der Waals surface area contributed by atoms with E-state index in [0.717, 1.165) is 17.7 Å². The first-order valence-electron chi connectivity index (χ1n) is 6.63. The van der Waals surface area contributed by atoms with E-state index in [1.54, 1.807) is 0 Å². The highest BCUT2D eigenvalue weighted by Gasteiger charge is 2.18. The van der Waals surface area contributed by atoms with Gasteiger partial charge < -0.3 is 5.32 Å². The molecular formula is C12H21N5O2. The highest BCUT2D eigenvalue weighted by atomic mass is 16.2. The largest absolute Gasteiger partial charge is 0.362 e. The van der Waals surface area contributed by atoms with Crippen molar-refractivity contribution in [2.24, 2.45) is 14.1 Å². The van der Waals surface area contributed by atoms with E-state index >= 15 is 0 Å². The Hall–Kier alpha value is -1.63. The average Bonchev–Trinajstić information content (AvgIpc) is 2.92. The minimum Gasteiger partial charge on any atom is -0.362 e. The standard InChI is InChI=1S/C12H21N5O2/c1-9(17-6-4-5-7-17)8-13-10-11(18)15(2)12(19)16(3)14-10/h9H,4-8H2,1-3H3,(H,13,14). The summed E-state index contributed by atoms with van der Waals surface area (Å²) in [5.41, 5.74) is -0.792. The van der Waals surface area contributed by atoms with Crippen LogP contribution >= 0.6 is 0 Å². The Morgan fingerprint density at radius 3 is 2.53 bits per heavy atom. The molecule has 0 saturated carbocycles. The molecule has 1 unspecified atom stereocenters. The summed E-state index contributed by atoms with van der Waals surface area (Å²) in [6.45, 7) is 5.01. The summed E-state index contributed by atoms with van der Waals surface area (Å²) in [7, 11) is 3.00. The van der Waals surface area contributed by atoms with Crippen LogP contribution < -0.4 is 16.6 Å². The maximum atomic E-state index is 11.9. The Balaban J connectivity index is 2.07. The summed E-state index contributed by atoms with van der Waals surface area (Å²) in [5.74, 6) is 0.232. The summed E-state index contributed by atoms with van der Waals surface area (Å²) in [4.78, 5) is 25.8. The van der Waals surface area contributed by atoms with E-state index in [2.05, 4.69) is 22.2 Å². The molecule has 0 aromatic carbocycles. The molecule has 1 N–H and O–H groups in total. The predicted molar refractivity (Wildman–Crippen MR) is 73.5 cm³/mol. The molecule has 19 heavy (non-hydrogen) atoms. The van der Waals surface area contributed by atoms with E-state index in [1.165, 1.54) is 31.6 Å². The van der Waals surface area contributed by atoms with Crippen LogP contribution in [-0.4, -0.2) is 44.9 Å². The zero-order valence-corrected chi connectivity index (χ0v) is 11.7. The quantitative estimate of drug-likeness (QED) is 0.787. The molecule has 0 radical (unpaired) electrons. The van der Waals surface area contributed by atoms with E-state index in [0.29, 0.717) is 12.6 Å². The Bertz CT molecular complexity index is 556. The second kappa shape index (κ2) is 5.56. The third-order valence-electron chi connectivity index (χ3n) is 3.65. The molecule has 1 aromatic rings. The molecule has 7 nitrogen and oxygen atoms in total. The third-order valence-corrected chi connectivity index (χ3v) is 3.65. The van der Waals surface area contributed by atoms with Crippen molar-refractivity contribution in [3.8, 4) is 0 Å². The Morgan fingerprint density at radius 1 is 1.26 bits per heavy atom. The summed E-state index contributed by atoms with van der Waals surface area (Å²) in [6, 6.07) is 0.353. The Kier molecular flexibility index (Phi) is 4.04. The molecule has 1 fully saturated rings. The molecule has 0 amide bonds. The van der Waals surface area contributed by atoms with Gasteiger partial charge in [-0.3, -0.25) is 14.3 Å². The Morgan fingerprint density at radius 2 is 1.89 bits per heavy atom. The van der Waals surface area contributed by atoms with Gasteiger partial charge in [-0.1, -0.05) is 0 Å². The van der Waals surface area contributed by atoms with Gasteiger partial charge in [-0.15, -0.1) is 5.10 Å². The van der Waals surface area contributed by atoms with Crippen molar-refractivity contribution in [2.45, 2.75) is 25.8 Å². The van der Waals surface area contributed by atoms with E-state index in [4.69, 9.17) is 0 Å². The van der Waals surface area contributed by atoms with Crippen LogP contribution in [0.15, 0.2) is 9.59 Å². The van der Waals surface area contributed by atoms with Crippen LogP contribution in [0.2, 0.25) is 0 Å². The van der Waals surface area contributed by atoms with Gasteiger partial charge in [-0.2, -0.15) is 0 Å². The van der Waals surface area contributed by atoms with Gasteiger partial charge in [0.2, 0.25) is 5.82 Å². The van der Waals surface area contributed by atoms with Crippen molar-refractivity contribution < 1.29 is 0 Å². The molecule has 2 heterocycles. The highest BCUT2D eigenvalue weighted by Crippen LogP contribution is 2.11. The molecule has 0 spiro atoms. The molecule has 0 aliphatic carbocycles. The number of rotatable bonds is 4. The fraction of sp³-hybridized carbons (Fsp3) is 0.750. The number of aromatic nitrogens is 3. The summed E-state index contributed by atoms with van der Waals surface area (Å²) < 4.78 is 2.24. The maximum absolute atomic E-state index is 11.9. The predicted octanol–water partition coefficient (Wildman–Crippen LogP) is -0.625. The minimum absolute atomic E-state index is 0.232. The first-order chi connectivity index (χ1) is 9.00. The number of nitrogens with one attached hydrogen (secondary N) is 1. The molecular weight excluding hydrogens is 246 g/mol. The molecule has 1 saturated heterocycles. The maximum Gasteiger partial charge on any atom is 0.346 e. The molecule has 0 bridgehead atoms. The smallest absolute Gasteiger partial charge is 0.346 e. The molecule has 1 aliphatic rings. The zero-order valence-electron chi connectivity index (χ0n) is 11.7. The second-order valence-electron chi connectivity index (χ2n) is 5.09. The van der Waals surface area contributed by atoms with Gasteiger partial charge in [-0.25, -0.2) is 9.48 Å². The molecule has 106 valence electrons. The van der Waals surface area contributed by atoms with Crippen LogP contribution in [-0.2, 0) is 14.1 Å². The lowest BCUT2D eigenvalue weighted by molar-refractivity contribution is 0.269. The highest BCUT2D eigenvalue weighted by molar-refractivity contribution is 5.29. The number of aryl methyl sites for hydroxylation is 1. The number of nitrogens with zero attached hydrogens (tertiary/aromatic N) is 4. The van der Waals surface area contributed by atoms with Gasteiger partial charge in [0.25, 0.3) is 5.56 Å². The van der Waals surface area contributed by atoms with Crippen LogP contribution in [0.4, 0.5) is 5.82 Å². The van der Waals surface area contributed by atoms with Crippen molar-refractivity contribution in [3.63, 3.8) is 0 Å². The number of anilines is 1. The zero-order chi connectivity index (χ0) is 14.0. The van der Waals surface area contributed by atoms with E-state index in [1.807, 2.05) is 0 Å². The summed E-state index contributed by atoms with van der Waals surface area (Å²) in [5, 5.41) is 7.03. The van der Waals surface area contributed by atoms with Gasteiger partial charge in [0.15, 0.2) is 0 Å². The number of likely N-dealkylation sites (tertiary alicyclic amines) is 1. The van der Waals surface area contributed by atoms with Gasteiger partial charge >= 0.3 is 5.69 Å².